The summed E-state index contributed by atoms with van der Waals surface area (Å²) in [7, 11) is 1.51. The highest BCUT2D eigenvalue weighted by atomic mass is 19.1. The quantitative estimate of drug-likeness (QED) is 0.377. The van der Waals surface area contributed by atoms with Crippen LogP contribution in [-0.2, 0) is 17.8 Å². The minimum absolute atomic E-state index is 0.0618. The van der Waals surface area contributed by atoms with Gasteiger partial charge in [-0.2, -0.15) is 0 Å². The molecule has 0 aliphatic heterocycles. The van der Waals surface area contributed by atoms with Crippen LogP contribution in [0.25, 0.3) is 10.9 Å². The Balaban J connectivity index is 1.54. The zero-order valence-corrected chi connectivity index (χ0v) is 18.5. The van der Waals surface area contributed by atoms with E-state index in [-0.39, 0.29) is 24.5 Å². The standard InChI is InChI=1S/C25H23FN4O4/c1-32-23-13-28-12-19(30-23)10-18(27)15-33-22-8-7-21-20(9-17(26)11-29-21)24(22)25(31)34-14-16-5-3-2-4-6-16/h2-9,11-13,18H,10,14-15,27H2,1H3/t18-/m1/s1. The number of nitrogens with zero attached hydrogens (tertiary/aromatic N) is 3. The molecule has 0 saturated heterocycles. The van der Waals surface area contributed by atoms with Gasteiger partial charge in [-0.05, 0) is 23.8 Å². The lowest BCUT2D eigenvalue weighted by Crippen LogP contribution is -2.31. The highest BCUT2D eigenvalue weighted by Gasteiger charge is 2.21. The smallest absolute Gasteiger partial charge is 0.342 e. The Morgan fingerprint density at radius 2 is 1.94 bits per heavy atom. The number of aromatic nitrogens is 3. The number of ether oxygens (including phenoxy) is 3. The molecular weight excluding hydrogens is 439 g/mol. The maximum atomic E-state index is 14.0. The summed E-state index contributed by atoms with van der Waals surface area (Å²) in [4.78, 5) is 25.5. The molecule has 0 aliphatic carbocycles. The predicted octanol–water partition coefficient (Wildman–Crippen LogP) is 3.48. The molecule has 0 unspecified atom stereocenters. The van der Waals surface area contributed by atoms with Gasteiger partial charge in [0.25, 0.3) is 0 Å². The number of halogens is 1. The first-order chi connectivity index (χ1) is 16.5. The maximum Gasteiger partial charge on any atom is 0.342 e. The predicted molar refractivity (Wildman–Crippen MR) is 123 cm³/mol. The lowest BCUT2D eigenvalue weighted by Gasteiger charge is -2.16. The Bertz CT molecular complexity index is 1290. The second-order valence-corrected chi connectivity index (χ2v) is 7.55. The SMILES string of the molecule is COc1cncc(C[C@@H](N)COc2ccc3ncc(F)cc3c2C(=O)OCc2ccccc2)n1. The second-order valence-electron chi connectivity index (χ2n) is 7.55. The van der Waals surface area contributed by atoms with Crippen molar-refractivity contribution in [1.82, 2.24) is 15.0 Å². The van der Waals surface area contributed by atoms with Gasteiger partial charge in [0.2, 0.25) is 5.88 Å². The molecule has 1 atom stereocenters. The molecule has 2 heterocycles. The van der Waals surface area contributed by atoms with Crippen LogP contribution in [0.4, 0.5) is 4.39 Å². The molecule has 8 nitrogen and oxygen atoms in total. The summed E-state index contributed by atoms with van der Waals surface area (Å²) in [5, 5.41) is 0.294. The van der Waals surface area contributed by atoms with Gasteiger partial charge in [0.1, 0.15) is 30.3 Å². The number of hydrogen-bond donors (Lipinski definition) is 1. The summed E-state index contributed by atoms with van der Waals surface area (Å²) in [6.07, 6.45) is 4.56. The van der Waals surface area contributed by atoms with Gasteiger partial charge in [-0.1, -0.05) is 30.3 Å². The van der Waals surface area contributed by atoms with Crippen LogP contribution in [0, 0.1) is 5.82 Å². The normalized spacial score (nSPS) is 11.7. The fourth-order valence-corrected chi connectivity index (χ4v) is 3.39. The Morgan fingerprint density at radius 3 is 2.74 bits per heavy atom. The van der Waals surface area contributed by atoms with Crippen LogP contribution in [0.1, 0.15) is 21.6 Å². The molecule has 2 N–H and O–H groups in total. The summed E-state index contributed by atoms with van der Waals surface area (Å²) in [5.74, 6) is -0.609. The molecule has 0 spiro atoms. The average molecular weight is 462 g/mol. The monoisotopic (exact) mass is 462 g/mol. The van der Waals surface area contributed by atoms with E-state index in [1.807, 2.05) is 30.3 Å². The third-order valence-corrected chi connectivity index (χ3v) is 5.01. The lowest BCUT2D eigenvalue weighted by atomic mass is 10.1. The van der Waals surface area contributed by atoms with Crippen molar-refractivity contribution < 1.29 is 23.4 Å². The molecule has 4 rings (SSSR count). The van der Waals surface area contributed by atoms with Crippen LogP contribution < -0.4 is 15.2 Å². The van der Waals surface area contributed by atoms with Gasteiger partial charge in [-0.15, -0.1) is 0 Å². The number of methoxy groups -OCH3 is 1. The van der Waals surface area contributed by atoms with E-state index >= 15 is 0 Å². The fourth-order valence-electron chi connectivity index (χ4n) is 3.39. The minimum atomic E-state index is -0.649. The van der Waals surface area contributed by atoms with Crippen molar-refractivity contribution in [3.8, 4) is 11.6 Å². The minimum Gasteiger partial charge on any atom is -0.491 e. The number of fused-ring (bicyclic) bond motifs is 1. The van der Waals surface area contributed by atoms with Crippen LogP contribution in [0.2, 0.25) is 0 Å². The van der Waals surface area contributed by atoms with E-state index in [0.29, 0.717) is 28.9 Å². The Kier molecular flexibility index (Phi) is 7.24. The molecule has 0 aliphatic rings. The van der Waals surface area contributed by atoms with E-state index in [4.69, 9.17) is 19.9 Å². The Morgan fingerprint density at radius 1 is 1.12 bits per heavy atom. The molecule has 0 bridgehead atoms. The lowest BCUT2D eigenvalue weighted by molar-refractivity contribution is 0.0470. The second kappa shape index (κ2) is 10.7. The third-order valence-electron chi connectivity index (χ3n) is 5.01. The number of carbonyl (C=O) groups excluding carboxylic acids is 1. The van der Waals surface area contributed by atoms with Crippen molar-refractivity contribution >= 4 is 16.9 Å². The molecule has 0 radical (unpaired) electrons. The van der Waals surface area contributed by atoms with Crippen LogP contribution in [0.15, 0.2) is 67.1 Å². The molecular formula is C25H23FN4O4. The Hall–Kier alpha value is -4.11. The number of carbonyl (C=O) groups is 1. The van der Waals surface area contributed by atoms with E-state index in [0.717, 1.165) is 11.8 Å². The number of esters is 1. The van der Waals surface area contributed by atoms with E-state index < -0.39 is 17.8 Å². The molecule has 4 aromatic rings. The molecule has 9 heteroatoms. The van der Waals surface area contributed by atoms with E-state index in [9.17, 15) is 9.18 Å². The fraction of sp³-hybridized carbons (Fsp3) is 0.200. The first-order valence-corrected chi connectivity index (χ1v) is 10.6. The van der Waals surface area contributed by atoms with Gasteiger partial charge in [-0.3, -0.25) is 9.97 Å². The summed E-state index contributed by atoms with van der Waals surface area (Å²) in [5.41, 5.74) is 8.22. The maximum absolute atomic E-state index is 14.0. The van der Waals surface area contributed by atoms with Gasteiger partial charge in [-0.25, -0.2) is 14.2 Å². The summed E-state index contributed by atoms with van der Waals surface area (Å²) >= 11 is 0. The third kappa shape index (κ3) is 5.62. The van der Waals surface area contributed by atoms with Crippen LogP contribution in [-0.4, -0.2) is 40.7 Å². The molecule has 0 amide bonds. The number of rotatable bonds is 9. The number of nitrogens with two attached hydrogens (primary N) is 1. The first-order valence-electron chi connectivity index (χ1n) is 10.6. The van der Waals surface area contributed by atoms with E-state index in [1.54, 1.807) is 18.3 Å². The summed E-state index contributed by atoms with van der Waals surface area (Å²) < 4.78 is 30.5. The zero-order chi connectivity index (χ0) is 23.9. The molecule has 0 saturated carbocycles. The van der Waals surface area contributed by atoms with E-state index in [2.05, 4.69) is 15.0 Å². The van der Waals surface area contributed by atoms with Crippen molar-refractivity contribution in [3.63, 3.8) is 0 Å². The van der Waals surface area contributed by atoms with Gasteiger partial charge >= 0.3 is 5.97 Å². The van der Waals surface area contributed by atoms with Gasteiger partial charge in [0.05, 0.1) is 30.7 Å². The number of hydrogen-bond acceptors (Lipinski definition) is 8. The highest BCUT2D eigenvalue weighted by molar-refractivity contribution is 6.06. The van der Waals surface area contributed by atoms with Crippen molar-refractivity contribution in [2.75, 3.05) is 13.7 Å². The first kappa shape index (κ1) is 23.1. The van der Waals surface area contributed by atoms with Crippen molar-refractivity contribution in [1.29, 1.82) is 0 Å². The molecule has 2 aromatic carbocycles. The van der Waals surface area contributed by atoms with Crippen molar-refractivity contribution in [2.24, 2.45) is 5.73 Å². The highest BCUT2D eigenvalue weighted by Crippen LogP contribution is 2.29. The topological polar surface area (TPSA) is 109 Å². The Labute approximate surface area is 195 Å². The van der Waals surface area contributed by atoms with Crippen LogP contribution >= 0.6 is 0 Å². The van der Waals surface area contributed by atoms with Gasteiger partial charge in [0.15, 0.2) is 0 Å². The summed E-state index contributed by atoms with van der Waals surface area (Å²) in [6.45, 7) is 0.137. The largest absolute Gasteiger partial charge is 0.491 e. The average Bonchev–Trinajstić information content (AvgIpc) is 2.86. The van der Waals surface area contributed by atoms with Gasteiger partial charge < -0.3 is 19.9 Å². The number of benzene rings is 2. The van der Waals surface area contributed by atoms with Crippen molar-refractivity contribution in [2.45, 2.75) is 19.1 Å². The van der Waals surface area contributed by atoms with Crippen LogP contribution in [0.5, 0.6) is 11.6 Å². The zero-order valence-electron chi connectivity index (χ0n) is 18.5. The molecule has 2 aromatic heterocycles. The van der Waals surface area contributed by atoms with E-state index in [1.165, 1.54) is 19.4 Å². The molecule has 34 heavy (non-hydrogen) atoms. The van der Waals surface area contributed by atoms with Crippen molar-refractivity contribution in [3.05, 3.63) is 89.8 Å². The number of pyridine rings is 1. The molecule has 0 fully saturated rings. The van der Waals surface area contributed by atoms with Crippen LogP contribution in [0.3, 0.4) is 0 Å². The summed E-state index contributed by atoms with van der Waals surface area (Å²) in [6, 6.07) is 13.3. The molecule has 174 valence electrons. The van der Waals surface area contributed by atoms with Gasteiger partial charge in [0, 0.05) is 24.0 Å².